The van der Waals surface area contributed by atoms with E-state index >= 15 is 0 Å². The Labute approximate surface area is 137 Å². The number of benzene rings is 2. The largest absolute Gasteiger partial charge is 0.390 e. The Morgan fingerprint density at radius 2 is 1.59 bits per heavy atom. The van der Waals surface area contributed by atoms with E-state index in [1.165, 1.54) is 5.56 Å². The molecular weight excluding hydrogens is 296 g/mol. The van der Waals surface area contributed by atoms with E-state index in [9.17, 15) is 5.11 Å². The van der Waals surface area contributed by atoms with Crippen LogP contribution >= 0.6 is 11.6 Å². The number of aliphatic hydroxyl groups is 1. The van der Waals surface area contributed by atoms with Gasteiger partial charge in [-0.05, 0) is 37.4 Å². The zero-order valence-corrected chi connectivity index (χ0v) is 13.8. The van der Waals surface area contributed by atoms with E-state index in [0.29, 0.717) is 13.1 Å². The van der Waals surface area contributed by atoms with Gasteiger partial charge in [-0.1, -0.05) is 54.1 Å². The number of likely N-dealkylation sites (N-methyl/N-ethyl adjacent to an activating group) is 1. The molecule has 22 heavy (non-hydrogen) atoms. The van der Waals surface area contributed by atoms with Crippen molar-refractivity contribution in [2.45, 2.75) is 12.1 Å². The molecule has 0 saturated heterocycles. The van der Waals surface area contributed by atoms with Gasteiger partial charge in [0.25, 0.3) is 0 Å². The highest BCUT2D eigenvalue weighted by molar-refractivity contribution is 6.30. The van der Waals surface area contributed by atoms with E-state index in [1.54, 1.807) is 0 Å². The van der Waals surface area contributed by atoms with Crippen LogP contribution in [0.3, 0.4) is 0 Å². The number of nitrogens with zero attached hydrogens (tertiary/aromatic N) is 1. The molecular formula is C18H23ClN2O. The van der Waals surface area contributed by atoms with E-state index in [1.807, 2.05) is 61.5 Å². The number of rotatable bonds is 7. The summed E-state index contributed by atoms with van der Waals surface area (Å²) in [6.07, 6.45) is -0.409. The zero-order valence-electron chi connectivity index (χ0n) is 13.0. The molecule has 3 nitrogen and oxygen atoms in total. The van der Waals surface area contributed by atoms with E-state index in [4.69, 9.17) is 11.6 Å². The fraction of sp³-hybridized carbons (Fsp3) is 0.333. The average Bonchev–Trinajstić information content (AvgIpc) is 2.49. The number of aliphatic hydroxyl groups excluding tert-OH is 1. The van der Waals surface area contributed by atoms with E-state index in [2.05, 4.69) is 17.4 Å². The van der Waals surface area contributed by atoms with E-state index in [-0.39, 0.29) is 6.04 Å². The van der Waals surface area contributed by atoms with Crippen LogP contribution in [0.5, 0.6) is 0 Å². The minimum Gasteiger partial charge on any atom is -0.390 e. The molecule has 2 rings (SSSR count). The molecule has 0 spiro atoms. The second kappa shape index (κ2) is 8.30. The van der Waals surface area contributed by atoms with Crippen LogP contribution in [0.4, 0.5) is 0 Å². The minimum absolute atomic E-state index is 0.0373. The third kappa shape index (κ3) is 5.11. The summed E-state index contributed by atoms with van der Waals surface area (Å²) in [5.41, 5.74) is 2.30. The van der Waals surface area contributed by atoms with E-state index < -0.39 is 6.10 Å². The molecule has 0 aromatic heterocycles. The highest BCUT2D eigenvalue weighted by Crippen LogP contribution is 2.23. The van der Waals surface area contributed by atoms with Gasteiger partial charge in [-0.2, -0.15) is 0 Å². The van der Waals surface area contributed by atoms with Crippen LogP contribution in [0.2, 0.25) is 5.02 Å². The summed E-state index contributed by atoms with van der Waals surface area (Å²) in [6, 6.07) is 18.1. The Hall–Kier alpha value is -1.39. The molecule has 0 saturated carbocycles. The van der Waals surface area contributed by atoms with Crippen molar-refractivity contribution in [1.82, 2.24) is 10.2 Å². The number of halogens is 1. The van der Waals surface area contributed by atoms with Gasteiger partial charge in [0.05, 0.1) is 12.1 Å². The molecule has 2 unspecified atom stereocenters. The van der Waals surface area contributed by atoms with Gasteiger partial charge < -0.3 is 15.3 Å². The number of nitrogens with one attached hydrogen (secondary N) is 1. The quantitative estimate of drug-likeness (QED) is 0.824. The van der Waals surface area contributed by atoms with Crippen molar-refractivity contribution in [3.05, 3.63) is 70.7 Å². The molecule has 4 heteroatoms. The van der Waals surface area contributed by atoms with Gasteiger partial charge in [0.1, 0.15) is 0 Å². The fourth-order valence-electron chi connectivity index (χ4n) is 2.47. The Balaban J connectivity index is 2.14. The first-order valence-electron chi connectivity index (χ1n) is 7.43. The Kier molecular flexibility index (Phi) is 6.40. The Bertz CT molecular complexity index is 557. The Morgan fingerprint density at radius 1 is 1.00 bits per heavy atom. The molecule has 0 aliphatic rings. The first kappa shape index (κ1) is 17.0. The van der Waals surface area contributed by atoms with Crippen molar-refractivity contribution in [1.29, 1.82) is 0 Å². The van der Waals surface area contributed by atoms with Gasteiger partial charge >= 0.3 is 0 Å². The number of hydrogen-bond donors (Lipinski definition) is 2. The van der Waals surface area contributed by atoms with Crippen LogP contribution in [-0.4, -0.2) is 43.3 Å². The summed E-state index contributed by atoms with van der Waals surface area (Å²) >= 11 is 5.98. The molecule has 0 aliphatic heterocycles. The van der Waals surface area contributed by atoms with Crippen molar-refractivity contribution in [3.63, 3.8) is 0 Å². The zero-order chi connectivity index (χ0) is 15.9. The minimum atomic E-state index is -0.409. The third-order valence-corrected chi connectivity index (χ3v) is 3.72. The maximum atomic E-state index is 10.1. The highest BCUT2D eigenvalue weighted by atomic mass is 35.5. The standard InChI is InChI=1S/C18H23ClN2O/c1-21(2)13-17(22)12-20-18(14-6-4-3-5-7-14)15-8-10-16(19)11-9-15/h3-11,17-18,20,22H,12-13H2,1-2H3. The molecule has 0 bridgehead atoms. The molecule has 0 heterocycles. The van der Waals surface area contributed by atoms with Gasteiger partial charge in [-0.15, -0.1) is 0 Å². The summed E-state index contributed by atoms with van der Waals surface area (Å²) in [5, 5.41) is 14.3. The van der Waals surface area contributed by atoms with Crippen molar-refractivity contribution in [3.8, 4) is 0 Å². The molecule has 0 fully saturated rings. The fourth-order valence-corrected chi connectivity index (χ4v) is 2.59. The van der Waals surface area contributed by atoms with Gasteiger partial charge in [0.2, 0.25) is 0 Å². The molecule has 0 aliphatic carbocycles. The number of hydrogen-bond acceptors (Lipinski definition) is 3. The third-order valence-electron chi connectivity index (χ3n) is 3.47. The Morgan fingerprint density at radius 3 is 2.18 bits per heavy atom. The van der Waals surface area contributed by atoms with Crippen molar-refractivity contribution in [2.24, 2.45) is 0 Å². The van der Waals surface area contributed by atoms with Crippen molar-refractivity contribution in [2.75, 3.05) is 27.2 Å². The molecule has 2 aromatic carbocycles. The van der Waals surface area contributed by atoms with Crippen LogP contribution in [0.25, 0.3) is 0 Å². The van der Waals surface area contributed by atoms with Crippen LogP contribution in [0, 0.1) is 0 Å². The molecule has 118 valence electrons. The molecule has 0 radical (unpaired) electrons. The summed E-state index contributed by atoms with van der Waals surface area (Å²) in [6.45, 7) is 1.16. The summed E-state index contributed by atoms with van der Waals surface area (Å²) < 4.78 is 0. The smallest absolute Gasteiger partial charge is 0.0791 e. The van der Waals surface area contributed by atoms with Crippen molar-refractivity contribution >= 4 is 11.6 Å². The molecule has 0 amide bonds. The van der Waals surface area contributed by atoms with E-state index in [0.717, 1.165) is 10.6 Å². The van der Waals surface area contributed by atoms with Crippen LogP contribution < -0.4 is 5.32 Å². The van der Waals surface area contributed by atoms with Gasteiger partial charge in [0.15, 0.2) is 0 Å². The SMILES string of the molecule is CN(C)CC(O)CNC(c1ccccc1)c1ccc(Cl)cc1. The van der Waals surface area contributed by atoms with Gasteiger partial charge in [-0.25, -0.2) is 0 Å². The predicted molar refractivity (Wildman–Crippen MR) is 92.3 cm³/mol. The summed E-state index contributed by atoms with van der Waals surface area (Å²) in [5.74, 6) is 0. The topological polar surface area (TPSA) is 35.5 Å². The first-order valence-corrected chi connectivity index (χ1v) is 7.80. The maximum absolute atomic E-state index is 10.1. The first-order chi connectivity index (χ1) is 10.6. The predicted octanol–water partition coefficient (Wildman–Crippen LogP) is 2.94. The lowest BCUT2D eigenvalue weighted by Gasteiger charge is -2.23. The second-order valence-corrected chi connectivity index (χ2v) is 6.16. The molecule has 2 atom stereocenters. The summed E-state index contributed by atoms with van der Waals surface area (Å²) in [4.78, 5) is 1.98. The lowest BCUT2D eigenvalue weighted by Crippen LogP contribution is -2.37. The maximum Gasteiger partial charge on any atom is 0.0791 e. The van der Waals surface area contributed by atoms with Crippen LogP contribution in [-0.2, 0) is 0 Å². The molecule has 2 N–H and O–H groups in total. The van der Waals surface area contributed by atoms with Gasteiger partial charge in [-0.3, -0.25) is 0 Å². The lowest BCUT2D eigenvalue weighted by atomic mass is 9.98. The second-order valence-electron chi connectivity index (χ2n) is 5.72. The van der Waals surface area contributed by atoms with Crippen LogP contribution in [0.1, 0.15) is 17.2 Å². The average molecular weight is 319 g/mol. The summed E-state index contributed by atoms with van der Waals surface area (Å²) in [7, 11) is 3.91. The lowest BCUT2D eigenvalue weighted by molar-refractivity contribution is 0.133. The van der Waals surface area contributed by atoms with Crippen LogP contribution in [0.15, 0.2) is 54.6 Å². The van der Waals surface area contributed by atoms with Crippen molar-refractivity contribution < 1.29 is 5.11 Å². The molecule has 2 aromatic rings. The van der Waals surface area contributed by atoms with Gasteiger partial charge in [0, 0.05) is 18.1 Å². The normalized spacial score (nSPS) is 14.0. The monoisotopic (exact) mass is 318 g/mol. The highest BCUT2D eigenvalue weighted by Gasteiger charge is 2.15.